The standard InChI is InChI=1S/C27H26F3N3O3/c1-15-10-19(28)4-7-22(15)31-25(34)13-18(27(36)33-24-9-6-21(30)12-17(24)3)14-26(35)32-23-8-5-20(29)11-16(23)2/h4-12,18H,13-14H2,1-3H3,(H,31,34)(H,32,35)(H,33,36). The van der Waals surface area contributed by atoms with Gasteiger partial charge in [-0.05, 0) is 92.1 Å². The van der Waals surface area contributed by atoms with Crippen LogP contribution in [0.2, 0.25) is 0 Å². The Bertz CT molecular complexity index is 1240. The molecule has 3 rings (SSSR count). The third-order valence-corrected chi connectivity index (χ3v) is 5.61. The number of anilines is 3. The van der Waals surface area contributed by atoms with Crippen molar-refractivity contribution in [2.24, 2.45) is 5.92 Å². The molecule has 0 spiro atoms. The molecule has 0 aromatic heterocycles. The molecule has 188 valence electrons. The van der Waals surface area contributed by atoms with Crippen LogP contribution in [0.4, 0.5) is 30.2 Å². The fraction of sp³-hybridized carbons (Fsp3) is 0.222. The summed E-state index contributed by atoms with van der Waals surface area (Å²) in [6, 6.07) is 11.6. The molecule has 0 bridgehead atoms. The van der Waals surface area contributed by atoms with Gasteiger partial charge in [0.15, 0.2) is 0 Å². The van der Waals surface area contributed by atoms with Gasteiger partial charge in [0, 0.05) is 29.9 Å². The molecular formula is C27H26F3N3O3. The highest BCUT2D eigenvalue weighted by Crippen LogP contribution is 2.22. The van der Waals surface area contributed by atoms with Gasteiger partial charge < -0.3 is 16.0 Å². The van der Waals surface area contributed by atoms with Gasteiger partial charge >= 0.3 is 0 Å². The van der Waals surface area contributed by atoms with Gasteiger partial charge in [0.1, 0.15) is 17.5 Å². The summed E-state index contributed by atoms with van der Waals surface area (Å²) in [6.45, 7) is 4.86. The smallest absolute Gasteiger partial charge is 0.228 e. The van der Waals surface area contributed by atoms with E-state index in [0.29, 0.717) is 33.8 Å². The first-order valence-corrected chi connectivity index (χ1v) is 11.2. The van der Waals surface area contributed by atoms with E-state index in [2.05, 4.69) is 16.0 Å². The fourth-order valence-electron chi connectivity index (χ4n) is 3.64. The maximum Gasteiger partial charge on any atom is 0.228 e. The van der Waals surface area contributed by atoms with Crippen molar-refractivity contribution >= 4 is 34.8 Å². The molecular weight excluding hydrogens is 471 g/mol. The molecule has 0 radical (unpaired) electrons. The number of nitrogens with one attached hydrogen (secondary N) is 3. The molecule has 0 aliphatic carbocycles. The average molecular weight is 498 g/mol. The number of carbonyl (C=O) groups excluding carboxylic acids is 3. The summed E-state index contributed by atoms with van der Waals surface area (Å²) in [6.07, 6.45) is -0.697. The van der Waals surface area contributed by atoms with Crippen LogP contribution in [0.3, 0.4) is 0 Å². The molecule has 3 N–H and O–H groups in total. The first kappa shape index (κ1) is 26.5. The zero-order valence-corrected chi connectivity index (χ0v) is 20.0. The zero-order valence-electron chi connectivity index (χ0n) is 20.0. The molecule has 0 unspecified atom stereocenters. The number of halogens is 3. The molecule has 36 heavy (non-hydrogen) atoms. The molecule has 0 fully saturated rings. The maximum atomic E-state index is 13.5. The van der Waals surface area contributed by atoms with E-state index >= 15 is 0 Å². The van der Waals surface area contributed by atoms with Gasteiger partial charge in [-0.2, -0.15) is 0 Å². The monoisotopic (exact) mass is 497 g/mol. The van der Waals surface area contributed by atoms with Gasteiger partial charge in [-0.15, -0.1) is 0 Å². The number of aryl methyl sites for hydroxylation is 3. The first-order chi connectivity index (χ1) is 17.0. The predicted octanol–water partition coefficient (Wildman–Crippen LogP) is 5.64. The molecule has 0 atom stereocenters. The Balaban J connectivity index is 1.77. The number of amides is 3. The van der Waals surface area contributed by atoms with Crippen LogP contribution >= 0.6 is 0 Å². The lowest BCUT2D eigenvalue weighted by Gasteiger charge is -2.18. The third-order valence-electron chi connectivity index (χ3n) is 5.61. The first-order valence-electron chi connectivity index (χ1n) is 11.2. The molecule has 3 aromatic rings. The topological polar surface area (TPSA) is 87.3 Å². The summed E-state index contributed by atoms with van der Waals surface area (Å²) in [5.74, 6) is -4.17. The molecule has 9 heteroatoms. The Hall–Kier alpha value is -4.14. The summed E-state index contributed by atoms with van der Waals surface area (Å²) in [5, 5.41) is 7.92. The highest BCUT2D eigenvalue weighted by Gasteiger charge is 2.26. The maximum absolute atomic E-state index is 13.5. The van der Waals surface area contributed by atoms with Gasteiger partial charge in [-0.1, -0.05) is 0 Å². The molecule has 0 saturated carbocycles. The second kappa shape index (κ2) is 11.5. The summed E-state index contributed by atoms with van der Waals surface area (Å²) < 4.78 is 40.2. The second-order valence-corrected chi connectivity index (χ2v) is 8.57. The molecule has 3 aromatic carbocycles. The van der Waals surface area contributed by atoms with E-state index in [1.165, 1.54) is 54.6 Å². The van der Waals surface area contributed by atoms with E-state index in [4.69, 9.17) is 0 Å². The van der Waals surface area contributed by atoms with Crippen LogP contribution in [-0.4, -0.2) is 17.7 Å². The fourth-order valence-corrected chi connectivity index (χ4v) is 3.64. The van der Waals surface area contributed by atoms with Crippen molar-refractivity contribution in [1.29, 1.82) is 0 Å². The van der Waals surface area contributed by atoms with Gasteiger partial charge in [-0.25, -0.2) is 13.2 Å². The Labute approximate surface area is 206 Å². The molecule has 6 nitrogen and oxygen atoms in total. The van der Waals surface area contributed by atoms with Crippen LogP contribution in [0, 0.1) is 44.1 Å². The van der Waals surface area contributed by atoms with Crippen LogP contribution in [0.1, 0.15) is 29.5 Å². The Kier molecular flexibility index (Phi) is 8.47. The highest BCUT2D eigenvalue weighted by atomic mass is 19.1. The van der Waals surface area contributed by atoms with Crippen molar-refractivity contribution in [2.45, 2.75) is 33.6 Å². The lowest BCUT2D eigenvalue weighted by atomic mass is 9.98. The number of carbonyl (C=O) groups is 3. The van der Waals surface area contributed by atoms with Gasteiger partial charge in [-0.3, -0.25) is 14.4 Å². The van der Waals surface area contributed by atoms with E-state index in [1.54, 1.807) is 20.8 Å². The highest BCUT2D eigenvalue weighted by molar-refractivity contribution is 6.02. The molecule has 0 aliphatic rings. The zero-order chi connectivity index (χ0) is 26.4. The summed E-state index contributed by atoms with van der Waals surface area (Å²) in [4.78, 5) is 38.6. The van der Waals surface area contributed by atoms with Gasteiger partial charge in [0.05, 0.1) is 5.92 Å². The minimum absolute atomic E-state index is 0.343. The van der Waals surface area contributed by atoms with Gasteiger partial charge in [0.25, 0.3) is 0 Å². The van der Waals surface area contributed by atoms with Crippen molar-refractivity contribution < 1.29 is 27.6 Å². The number of hydrogen-bond acceptors (Lipinski definition) is 3. The summed E-state index contributed by atoms with van der Waals surface area (Å²) in [5.41, 5.74) is 2.56. The average Bonchev–Trinajstić information content (AvgIpc) is 2.79. The van der Waals surface area contributed by atoms with Crippen molar-refractivity contribution in [1.82, 2.24) is 0 Å². The minimum atomic E-state index is -1.09. The van der Waals surface area contributed by atoms with Crippen molar-refractivity contribution in [3.05, 3.63) is 88.7 Å². The van der Waals surface area contributed by atoms with E-state index in [9.17, 15) is 27.6 Å². The molecule has 0 aliphatic heterocycles. The van der Waals surface area contributed by atoms with Crippen LogP contribution in [0.15, 0.2) is 54.6 Å². The van der Waals surface area contributed by atoms with Gasteiger partial charge in [0.2, 0.25) is 17.7 Å². The van der Waals surface area contributed by atoms with Crippen molar-refractivity contribution in [2.75, 3.05) is 16.0 Å². The third kappa shape index (κ3) is 7.18. The Morgan fingerprint density at radius 1 is 0.611 bits per heavy atom. The molecule has 3 amide bonds. The number of hydrogen-bond donors (Lipinski definition) is 3. The second-order valence-electron chi connectivity index (χ2n) is 8.57. The van der Waals surface area contributed by atoms with E-state index in [1.807, 2.05) is 0 Å². The van der Waals surface area contributed by atoms with E-state index in [0.717, 1.165) is 0 Å². The number of benzene rings is 3. The Morgan fingerprint density at radius 3 is 1.28 bits per heavy atom. The van der Waals surface area contributed by atoms with Crippen molar-refractivity contribution in [3.8, 4) is 0 Å². The largest absolute Gasteiger partial charge is 0.326 e. The lowest BCUT2D eigenvalue weighted by Crippen LogP contribution is -2.31. The SMILES string of the molecule is Cc1cc(F)ccc1NC(=O)CC(CC(=O)Nc1ccc(F)cc1C)C(=O)Nc1ccc(F)cc1C. The normalized spacial score (nSPS) is 10.8. The molecule has 0 saturated heterocycles. The van der Waals surface area contributed by atoms with E-state index < -0.39 is 41.1 Å². The quantitative estimate of drug-likeness (QED) is 0.376. The van der Waals surface area contributed by atoms with E-state index in [-0.39, 0.29) is 12.8 Å². The summed E-state index contributed by atoms with van der Waals surface area (Å²) in [7, 11) is 0. The van der Waals surface area contributed by atoms with Crippen LogP contribution in [0.25, 0.3) is 0 Å². The minimum Gasteiger partial charge on any atom is -0.326 e. The summed E-state index contributed by atoms with van der Waals surface area (Å²) >= 11 is 0. The Morgan fingerprint density at radius 2 is 0.944 bits per heavy atom. The van der Waals surface area contributed by atoms with Crippen molar-refractivity contribution in [3.63, 3.8) is 0 Å². The van der Waals surface area contributed by atoms with Crippen LogP contribution < -0.4 is 16.0 Å². The number of rotatable bonds is 8. The van der Waals surface area contributed by atoms with Crippen LogP contribution in [0.5, 0.6) is 0 Å². The van der Waals surface area contributed by atoms with Crippen LogP contribution in [-0.2, 0) is 14.4 Å². The molecule has 0 heterocycles. The lowest BCUT2D eigenvalue weighted by molar-refractivity contribution is -0.127. The predicted molar refractivity (Wildman–Crippen MR) is 132 cm³/mol.